The summed E-state index contributed by atoms with van der Waals surface area (Å²) < 4.78 is 13.2. The first-order chi connectivity index (χ1) is 7.77. The molecular formula is C11H8FN3O. The third-order valence-electron chi connectivity index (χ3n) is 1.92. The van der Waals surface area contributed by atoms with Crippen LogP contribution in [0.1, 0.15) is 10.4 Å². The molecule has 16 heavy (non-hydrogen) atoms. The van der Waals surface area contributed by atoms with E-state index in [-0.39, 0.29) is 5.56 Å². The number of carbonyl (C=O) groups is 1. The third-order valence-corrected chi connectivity index (χ3v) is 1.92. The number of aromatic nitrogens is 2. The average Bonchev–Trinajstić information content (AvgIpc) is 2.31. The van der Waals surface area contributed by atoms with Crippen LogP contribution in [0, 0.1) is 5.82 Å². The van der Waals surface area contributed by atoms with Crippen molar-refractivity contribution in [2.24, 2.45) is 0 Å². The molecule has 0 radical (unpaired) electrons. The summed E-state index contributed by atoms with van der Waals surface area (Å²) >= 11 is 0. The maximum absolute atomic E-state index is 13.2. The highest BCUT2D eigenvalue weighted by atomic mass is 19.1. The zero-order valence-corrected chi connectivity index (χ0v) is 8.22. The predicted molar refractivity (Wildman–Crippen MR) is 56.4 cm³/mol. The Morgan fingerprint density at radius 3 is 2.81 bits per heavy atom. The zero-order chi connectivity index (χ0) is 11.4. The fourth-order valence-electron chi connectivity index (χ4n) is 1.18. The number of amides is 1. The van der Waals surface area contributed by atoms with Crippen molar-refractivity contribution in [3.63, 3.8) is 0 Å². The van der Waals surface area contributed by atoms with Gasteiger partial charge in [-0.3, -0.25) is 9.78 Å². The zero-order valence-electron chi connectivity index (χ0n) is 8.22. The smallest absolute Gasteiger partial charge is 0.259 e. The molecule has 2 rings (SSSR count). The SMILES string of the molecule is O=C(Nc1ccccn1)c1ccncc1F. The van der Waals surface area contributed by atoms with Gasteiger partial charge < -0.3 is 5.32 Å². The number of hydrogen-bond donors (Lipinski definition) is 1. The number of pyridine rings is 2. The highest BCUT2D eigenvalue weighted by molar-refractivity contribution is 6.03. The highest BCUT2D eigenvalue weighted by Gasteiger charge is 2.11. The number of nitrogens with one attached hydrogen (secondary N) is 1. The molecule has 2 heterocycles. The minimum atomic E-state index is -0.657. The van der Waals surface area contributed by atoms with E-state index in [1.165, 1.54) is 12.3 Å². The predicted octanol–water partition coefficient (Wildman–Crippen LogP) is 1.87. The number of carbonyl (C=O) groups excluding carboxylic acids is 1. The van der Waals surface area contributed by atoms with Crippen molar-refractivity contribution in [1.29, 1.82) is 0 Å². The van der Waals surface area contributed by atoms with Gasteiger partial charge in [0, 0.05) is 12.4 Å². The summed E-state index contributed by atoms with van der Waals surface area (Å²) in [5, 5.41) is 2.48. The van der Waals surface area contributed by atoms with E-state index in [4.69, 9.17) is 0 Å². The fourth-order valence-corrected chi connectivity index (χ4v) is 1.18. The van der Waals surface area contributed by atoms with Crippen molar-refractivity contribution in [2.75, 3.05) is 5.32 Å². The Morgan fingerprint density at radius 1 is 1.25 bits per heavy atom. The molecule has 5 heteroatoms. The van der Waals surface area contributed by atoms with Gasteiger partial charge in [0.1, 0.15) is 5.82 Å². The quantitative estimate of drug-likeness (QED) is 0.835. The van der Waals surface area contributed by atoms with Gasteiger partial charge in [-0.05, 0) is 18.2 Å². The van der Waals surface area contributed by atoms with E-state index >= 15 is 0 Å². The van der Waals surface area contributed by atoms with Crippen molar-refractivity contribution >= 4 is 11.7 Å². The van der Waals surface area contributed by atoms with Gasteiger partial charge in [-0.25, -0.2) is 9.37 Å². The van der Waals surface area contributed by atoms with Gasteiger partial charge in [0.25, 0.3) is 5.91 Å². The Balaban J connectivity index is 2.19. The van der Waals surface area contributed by atoms with E-state index in [0.717, 1.165) is 6.20 Å². The van der Waals surface area contributed by atoms with Crippen molar-refractivity contribution in [3.05, 3.63) is 54.2 Å². The van der Waals surface area contributed by atoms with Gasteiger partial charge in [0.15, 0.2) is 5.82 Å². The van der Waals surface area contributed by atoms with E-state index in [1.807, 2.05) is 0 Å². The Labute approximate surface area is 91.2 Å². The van der Waals surface area contributed by atoms with Crippen LogP contribution in [-0.4, -0.2) is 15.9 Å². The lowest BCUT2D eigenvalue weighted by atomic mass is 10.2. The second-order valence-corrected chi connectivity index (χ2v) is 3.02. The van der Waals surface area contributed by atoms with Gasteiger partial charge in [0.05, 0.1) is 11.8 Å². The standard InChI is InChI=1S/C11H8FN3O/c12-9-7-13-6-4-8(9)11(16)15-10-3-1-2-5-14-10/h1-7H,(H,14,15,16). The molecule has 4 nitrogen and oxygen atoms in total. The van der Waals surface area contributed by atoms with Crippen LogP contribution in [0.3, 0.4) is 0 Å². The molecule has 0 bridgehead atoms. The Hall–Kier alpha value is -2.30. The van der Waals surface area contributed by atoms with Crippen LogP contribution in [0.15, 0.2) is 42.9 Å². The first-order valence-electron chi connectivity index (χ1n) is 4.59. The summed E-state index contributed by atoms with van der Waals surface area (Å²) in [5.74, 6) is -0.821. The second kappa shape index (κ2) is 4.48. The van der Waals surface area contributed by atoms with E-state index in [0.29, 0.717) is 5.82 Å². The molecule has 1 amide bonds. The van der Waals surface area contributed by atoms with Crippen LogP contribution < -0.4 is 5.32 Å². The molecular weight excluding hydrogens is 209 g/mol. The lowest BCUT2D eigenvalue weighted by molar-refractivity contribution is 0.102. The molecule has 1 N–H and O–H groups in total. The number of hydrogen-bond acceptors (Lipinski definition) is 3. The van der Waals surface area contributed by atoms with E-state index < -0.39 is 11.7 Å². The molecule has 0 atom stereocenters. The van der Waals surface area contributed by atoms with Gasteiger partial charge in [-0.1, -0.05) is 6.07 Å². The summed E-state index contributed by atoms with van der Waals surface area (Å²) in [4.78, 5) is 19.1. The molecule has 0 saturated heterocycles. The first-order valence-corrected chi connectivity index (χ1v) is 4.59. The van der Waals surface area contributed by atoms with Gasteiger partial charge in [0.2, 0.25) is 0 Å². The molecule has 0 aliphatic heterocycles. The lowest BCUT2D eigenvalue weighted by Crippen LogP contribution is -2.14. The molecule has 0 aliphatic rings. The van der Waals surface area contributed by atoms with Crippen LogP contribution >= 0.6 is 0 Å². The molecule has 80 valence electrons. The molecule has 0 spiro atoms. The largest absolute Gasteiger partial charge is 0.306 e. The lowest BCUT2D eigenvalue weighted by Gasteiger charge is -2.03. The van der Waals surface area contributed by atoms with Crippen LogP contribution in [0.2, 0.25) is 0 Å². The molecule has 0 aliphatic carbocycles. The molecule has 0 fully saturated rings. The van der Waals surface area contributed by atoms with E-state index in [1.54, 1.807) is 24.4 Å². The average molecular weight is 217 g/mol. The summed E-state index contributed by atoms with van der Waals surface area (Å²) in [7, 11) is 0. The third kappa shape index (κ3) is 2.20. The van der Waals surface area contributed by atoms with Gasteiger partial charge in [-0.15, -0.1) is 0 Å². The number of halogens is 1. The maximum Gasteiger partial charge on any atom is 0.259 e. The first kappa shape index (κ1) is 10.2. The summed E-state index contributed by atoms with van der Waals surface area (Å²) in [6, 6.07) is 6.39. The number of nitrogens with zero attached hydrogens (tertiary/aromatic N) is 2. The molecule has 0 aromatic carbocycles. The van der Waals surface area contributed by atoms with Crippen molar-refractivity contribution in [2.45, 2.75) is 0 Å². The topological polar surface area (TPSA) is 54.9 Å². The van der Waals surface area contributed by atoms with Crippen LogP contribution in [0.25, 0.3) is 0 Å². The molecule has 0 unspecified atom stereocenters. The normalized spacial score (nSPS) is 9.81. The minimum Gasteiger partial charge on any atom is -0.306 e. The Bertz CT molecular complexity index is 502. The Morgan fingerprint density at radius 2 is 2.12 bits per heavy atom. The van der Waals surface area contributed by atoms with Gasteiger partial charge in [-0.2, -0.15) is 0 Å². The van der Waals surface area contributed by atoms with E-state index in [9.17, 15) is 9.18 Å². The fraction of sp³-hybridized carbons (Fsp3) is 0. The van der Waals surface area contributed by atoms with Gasteiger partial charge >= 0.3 is 0 Å². The van der Waals surface area contributed by atoms with Crippen LogP contribution in [0.5, 0.6) is 0 Å². The van der Waals surface area contributed by atoms with Crippen LogP contribution in [0.4, 0.5) is 10.2 Å². The molecule has 0 saturated carbocycles. The monoisotopic (exact) mass is 217 g/mol. The second-order valence-electron chi connectivity index (χ2n) is 3.02. The van der Waals surface area contributed by atoms with Crippen molar-refractivity contribution < 1.29 is 9.18 Å². The highest BCUT2D eigenvalue weighted by Crippen LogP contribution is 2.08. The Kier molecular flexibility index (Phi) is 2.86. The van der Waals surface area contributed by atoms with Crippen molar-refractivity contribution in [1.82, 2.24) is 9.97 Å². The summed E-state index contributed by atoms with van der Waals surface area (Å²) in [6.45, 7) is 0. The van der Waals surface area contributed by atoms with E-state index in [2.05, 4.69) is 15.3 Å². The minimum absolute atomic E-state index is 0.0550. The number of anilines is 1. The van der Waals surface area contributed by atoms with Crippen molar-refractivity contribution in [3.8, 4) is 0 Å². The summed E-state index contributed by atoms with van der Waals surface area (Å²) in [6.07, 6.45) is 3.89. The maximum atomic E-state index is 13.2. The molecule has 2 aromatic rings. The summed E-state index contributed by atoms with van der Waals surface area (Å²) in [5.41, 5.74) is -0.0550. The van der Waals surface area contributed by atoms with Crippen LogP contribution in [-0.2, 0) is 0 Å². The number of rotatable bonds is 2. The molecule has 2 aromatic heterocycles.